The van der Waals surface area contributed by atoms with Crippen LogP contribution in [0.5, 0.6) is 0 Å². The van der Waals surface area contributed by atoms with E-state index >= 15 is 0 Å². The van der Waals surface area contributed by atoms with Gasteiger partial charge in [-0.2, -0.15) is 5.10 Å². The number of carbonyl (C=O) groups excluding carboxylic acids is 2. The molecule has 0 bridgehead atoms. The molecule has 0 fully saturated rings. The van der Waals surface area contributed by atoms with Crippen LogP contribution in [0.3, 0.4) is 0 Å². The maximum Gasteiger partial charge on any atom is 0.341 e. The number of aromatic nitrogens is 3. The Hall–Kier alpha value is -2.65. The van der Waals surface area contributed by atoms with Crippen LogP contribution in [0, 0.1) is 6.92 Å². The minimum Gasteiger partial charge on any atom is -0.465 e. The van der Waals surface area contributed by atoms with E-state index in [9.17, 15) is 9.59 Å². The number of nitrogens with zero attached hydrogens (tertiary/aromatic N) is 3. The summed E-state index contributed by atoms with van der Waals surface area (Å²) in [7, 11) is 1.35. The Morgan fingerprint density at radius 3 is 2.87 bits per heavy atom. The molecular formula is C20H21ClN4O4S. The Kier molecular flexibility index (Phi) is 5.92. The number of aryl methyl sites for hydroxylation is 2. The van der Waals surface area contributed by atoms with Gasteiger partial charge in [0.1, 0.15) is 10.8 Å². The SMILES string of the molecule is COC(=O)c1c(NC(=O)c2noc(C)c2Cn2cc(Cl)cn2)sc2c1CCCCC2. The molecule has 1 aliphatic carbocycles. The highest BCUT2D eigenvalue weighted by Crippen LogP contribution is 2.38. The van der Waals surface area contributed by atoms with Gasteiger partial charge in [0, 0.05) is 16.6 Å². The van der Waals surface area contributed by atoms with E-state index in [-0.39, 0.29) is 12.2 Å². The third-order valence-corrected chi connectivity index (χ3v) is 6.56. The van der Waals surface area contributed by atoms with Crippen LogP contribution in [-0.4, -0.2) is 33.9 Å². The summed E-state index contributed by atoms with van der Waals surface area (Å²) in [6, 6.07) is 0. The maximum absolute atomic E-state index is 13.1. The van der Waals surface area contributed by atoms with Crippen molar-refractivity contribution in [1.82, 2.24) is 14.9 Å². The second kappa shape index (κ2) is 8.61. The van der Waals surface area contributed by atoms with E-state index in [4.69, 9.17) is 20.9 Å². The molecule has 4 rings (SSSR count). The molecule has 3 aromatic rings. The summed E-state index contributed by atoms with van der Waals surface area (Å²) in [5, 5.41) is 11.9. The molecule has 10 heteroatoms. The molecule has 0 unspecified atom stereocenters. The second-order valence-electron chi connectivity index (χ2n) is 7.14. The lowest BCUT2D eigenvalue weighted by Crippen LogP contribution is -2.17. The van der Waals surface area contributed by atoms with Gasteiger partial charge in [0.25, 0.3) is 5.91 Å². The summed E-state index contributed by atoms with van der Waals surface area (Å²) >= 11 is 7.36. The van der Waals surface area contributed by atoms with Crippen LogP contribution in [0.25, 0.3) is 0 Å². The van der Waals surface area contributed by atoms with E-state index in [0.717, 1.165) is 42.5 Å². The monoisotopic (exact) mass is 448 g/mol. The summed E-state index contributed by atoms with van der Waals surface area (Å²) in [4.78, 5) is 26.7. The number of hydrogen-bond donors (Lipinski definition) is 1. The number of fused-ring (bicyclic) bond motifs is 1. The number of hydrogen-bond acceptors (Lipinski definition) is 7. The topological polar surface area (TPSA) is 99.2 Å². The number of nitrogens with one attached hydrogen (secondary N) is 1. The van der Waals surface area contributed by atoms with Gasteiger partial charge in [-0.15, -0.1) is 11.3 Å². The largest absolute Gasteiger partial charge is 0.465 e. The normalized spacial score (nSPS) is 13.6. The molecule has 8 nitrogen and oxygen atoms in total. The van der Waals surface area contributed by atoms with Gasteiger partial charge in [-0.05, 0) is 38.2 Å². The Bertz CT molecular complexity index is 1100. The molecule has 0 atom stereocenters. The molecule has 30 heavy (non-hydrogen) atoms. The smallest absolute Gasteiger partial charge is 0.341 e. The van der Waals surface area contributed by atoms with Crippen molar-refractivity contribution in [2.24, 2.45) is 0 Å². The fraction of sp³-hybridized carbons (Fsp3) is 0.400. The number of amides is 1. The molecule has 0 spiro atoms. The predicted octanol–water partition coefficient (Wildman–Crippen LogP) is 4.25. The van der Waals surface area contributed by atoms with Crippen molar-refractivity contribution in [3.8, 4) is 0 Å². The van der Waals surface area contributed by atoms with Gasteiger partial charge in [-0.3, -0.25) is 9.48 Å². The first-order valence-electron chi connectivity index (χ1n) is 9.65. The van der Waals surface area contributed by atoms with Crippen molar-refractivity contribution in [3.05, 3.63) is 50.4 Å². The summed E-state index contributed by atoms with van der Waals surface area (Å²) in [5.74, 6) is -0.365. The summed E-state index contributed by atoms with van der Waals surface area (Å²) in [6.07, 6.45) is 8.09. The van der Waals surface area contributed by atoms with E-state index in [1.54, 1.807) is 17.8 Å². The van der Waals surface area contributed by atoms with Crippen molar-refractivity contribution >= 4 is 39.8 Å². The zero-order chi connectivity index (χ0) is 21.3. The molecule has 1 aliphatic rings. The van der Waals surface area contributed by atoms with Crippen molar-refractivity contribution in [1.29, 1.82) is 0 Å². The van der Waals surface area contributed by atoms with Gasteiger partial charge in [-0.25, -0.2) is 4.79 Å². The van der Waals surface area contributed by atoms with Crippen LogP contribution >= 0.6 is 22.9 Å². The van der Waals surface area contributed by atoms with Crippen molar-refractivity contribution < 1.29 is 18.8 Å². The standard InChI is InChI=1S/C20H21ClN4O4S/c1-11-14(10-25-9-12(21)8-22-25)17(24-29-11)18(26)23-19-16(20(27)28-2)13-6-4-3-5-7-15(13)30-19/h8-9H,3-7,10H2,1-2H3,(H,23,26). The Morgan fingerprint density at radius 1 is 1.33 bits per heavy atom. The molecule has 0 radical (unpaired) electrons. The zero-order valence-electron chi connectivity index (χ0n) is 16.7. The minimum absolute atomic E-state index is 0.151. The number of methoxy groups -OCH3 is 1. The molecule has 0 aromatic carbocycles. The molecule has 3 heterocycles. The highest BCUT2D eigenvalue weighted by Gasteiger charge is 2.28. The van der Waals surface area contributed by atoms with Gasteiger partial charge in [0.05, 0.1) is 30.4 Å². The Morgan fingerprint density at radius 2 is 2.13 bits per heavy atom. The summed E-state index contributed by atoms with van der Waals surface area (Å²) in [5.41, 5.74) is 2.19. The van der Waals surface area contributed by atoms with E-state index in [1.807, 2.05) is 0 Å². The second-order valence-corrected chi connectivity index (χ2v) is 8.68. The summed E-state index contributed by atoms with van der Waals surface area (Å²) in [6.45, 7) is 2.02. The lowest BCUT2D eigenvalue weighted by Gasteiger charge is -2.07. The Labute approximate surface area is 182 Å². The first-order valence-corrected chi connectivity index (χ1v) is 10.8. The Balaban J connectivity index is 1.64. The number of carbonyl (C=O) groups is 2. The molecule has 1 N–H and O–H groups in total. The first-order chi connectivity index (χ1) is 14.5. The van der Waals surface area contributed by atoms with Crippen LogP contribution in [0.15, 0.2) is 16.9 Å². The maximum atomic E-state index is 13.1. The average Bonchev–Trinajstić information content (AvgIpc) is 3.34. The number of rotatable bonds is 5. The van der Waals surface area contributed by atoms with Crippen molar-refractivity contribution in [3.63, 3.8) is 0 Å². The van der Waals surface area contributed by atoms with Gasteiger partial charge >= 0.3 is 5.97 Å². The number of esters is 1. The van der Waals surface area contributed by atoms with Crippen LogP contribution in [0.2, 0.25) is 5.02 Å². The third kappa shape index (κ3) is 3.99. The molecule has 0 aliphatic heterocycles. The van der Waals surface area contributed by atoms with Crippen LogP contribution in [-0.2, 0) is 24.1 Å². The fourth-order valence-corrected chi connectivity index (χ4v) is 5.08. The molecule has 3 aromatic heterocycles. The van der Waals surface area contributed by atoms with Gasteiger partial charge < -0.3 is 14.6 Å². The number of thiophene rings is 1. The van der Waals surface area contributed by atoms with Gasteiger partial charge in [0.15, 0.2) is 5.69 Å². The number of ether oxygens (including phenoxy) is 1. The third-order valence-electron chi connectivity index (χ3n) is 5.16. The number of anilines is 1. The molecule has 158 valence electrons. The quantitative estimate of drug-likeness (QED) is 0.462. The predicted molar refractivity (Wildman–Crippen MR) is 112 cm³/mol. The van der Waals surface area contributed by atoms with E-state index in [2.05, 4.69) is 15.6 Å². The lowest BCUT2D eigenvalue weighted by atomic mass is 10.1. The first kappa shape index (κ1) is 20.6. The summed E-state index contributed by atoms with van der Waals surface area (Å²) < 4.78 is 11.9. The van der Waals surface area contributed by atoms with Crippen LogP contribution < -0.4 is 5.32 Å². The average molecular weight is 449 g/mol. The highest BCUT2D eigenvalue weighted by atomic mass is 35.5. The highest BCUT2D eigenvalue weighted by molar-refractivity contribution is 7.17. The van der Waals surface area contributed by atoms with Gasteiger partial charge in [0.2, 0.25) is 0 Å². The van der Waals surface area contributed by atoms with E-state index in [0.29, 0.717) is 26.9 Å². The van der Waals surface area contributed by atoms with Crippen molar-refractivity contribution in [2.45, 2.75) is 45.6 Å². The van der Waals surface area contributed by atoms with Gasteiger partial charge in [-0.1, -0.05) is 23.2 Å². The van der Waals surface area contributed by atoms with Crippen LogP contribution in [0.4, 0.5) is 5.00 Å². The van der Waals surface area contributed by atoms with E-state index in [1.165, 1.54) is 24.6 Å². The zero-order valence-corrected chi connectivity index (χ0v) is 18.2. The lowest BCUT2D eigenvalue weighted by molar-refractivity contribution is 0.0601. The minimum atomic E-state index is -0.443. The molecular weight excluding hydrogens is 428 g/mol. The molecule has 1 amide bonds. The molecule has 0 saturated heterocycles. The fourth-order valence-electron chi connectivity index (χ4n) is 3.65. The van der Waals surface area contributed by atoms with Crippen LogP contribution in [0.1, 0.15) is 61.9 Å². The van der Waals surface area contributed by atoms with Crippen molar-refractivity contribution in [2.75, 3.05) is 12.4 Å². The molecule has 0 saturated carbocycles. The van der Waals surface area contributed by atoms with E-state index < -0.39 is 11.9 Å². The number of halogens is 1.